The molecule has 0 aliphatic carbocycles. The van der Waals surface area contributed by atoms with Crippen molar-refractivity contribution in [3.05, 3.63) is 50.0 Å². The lowest BCUT2D eigenvalue weighted by molar-refractivity contribution is -0.384. The van der Waals surface area contributed by atoms with Crippen LogP contribution in [0.15, 0.2) is 23.6 Å². The van der Waals surface area contributed by atoms with Crippen LogP contribution in [-0.4, -0.2) is 52.8 Å². The molecule has 0 radical (unpaired) electrons. The van der Waals surface area contributed by atoms with E-state index >= 15 is 0 Å². The van der Waals surface area contributed by atoms with E-state index in [0.29, 0.717) is 37.8 Å². The summed E-state index contributed by atoms with van der Waals surface area (Å²) in [6.07, 6.45) is 0. The molecule has 160 valence electrons. The zero-order valence-corrected chi connectivity index (χ0v) is 18.1. The third-order valence-electron chi connectivity index (χ3n) is 4.99. The quantitative estimate of drug-likeness (QED) is 0.556. The molecule has 1 aliphatic heterocycles. The van der Waals surface area contributed by atoms with Crippen LogP contribution < -0.4 is 10.2 Å². The molecule has 10 heteroatoms. The van der Waals surface area contributed by atoms with Gasteiger partial charge in [0.05, 0.1) is 22.2 Å². The Labute approximate surface area is 178 Å². The Hall–Kier alpha value is -3.01. The summed E-state index contributed by atoms with van der Waals surface area (Å²) < 4.78 is 0. The second-order valence-electron chi connectivity index (χ2n) is 7.47. The van der Waals surface area contributed by atoms with E-state index in [4.69, 9.17) is 0 Å². The molecule has 1 N–H and O–H groups in total. The summed E-state index contributed by atoms with van der Waals surface area (Å²) in [6, 6.07) is 4.51. The topological polar surface area (TPSA) is 109 Å². The largest absolute Gasteiger partial charge is 0.362 e. The van der Waals surface area contributed by atoms with Crippen molar-refractivity contribution in [2.24, 2.45) is 0 Å². The summed E-state index contributed by atoms with van der Waals surface area (Å²) in [5, 5.41) is 17.3. The minimum absolute atomic E-state index is 0.00297. The third-order valence-corrected chi connectivity index (χ3v) is 6.19. The highest BCUT2D eigenvalue weighted by molar-refractivity contribution is 7.09. The molecule has 0 atom stereocenters. The highest BCUT2D eigenvalue weighted by Crippen LogP contribution is 2.30. The number of nitro groups is 1. The Morgan fingerprint density at radius 2 is 1.97 bits per heavy atom. The fraction of sp³-hybridized carbons (Fsp3) is 0.450. The highest BCUT2D eigenvalue weighted by atomic mass is 32.1. The maximum atomic E-state index is 12.5. The second kappa shape index (κ2) is 9.21. The van der Waals surface area contributed by atoms with E-state index in [0.717, 1.165) is 10.7 Å². The van der Waals surface area contributed by atoms with Gasteiger partial charge in [0.15, 0.2) is 0 Å². The molecule has 1 aromatic carbocycles. The second-order valence-corrected chi connectivity index (χ2v) is 8.36. The smallest absolute Gasteiger partial charge is 0.293 e. The SMILES string of the molecule is CC(=O)N1CCN(c2ccc(C(=O)NCc3csc(C(C)C)n3)cc2[N+](=O)[O-])CC1. The number of nitro benzene ring substituents is 1. The van der Waals surface area contributed by atoms with Crippen LogP contribution >= 0.6 is 11.3 Å². The molecule has 1 aromatic heterocycles. The van der Waals surface area contributed by atoms with Gasteiger partial charge in [0.1, 0.15) is 5.69 Å². The predicted molar refractivity (Wildman–Crippen MR) is 115 cm³/mol. The number of piperazine rings is 1. The molecule has 2 heterocycles. The lowest BCUT2D eigenvalue weighted by Crippen LogP contribution is -2.48. The predicted octanol–water partition coefficient (Wildman–Crippen LogP) is 2.77. The first-order valence-corrected chi connectivity index (χ1v) is 10.7. The summed E-state index contributed by atoms with van der Waals surface area (Å²) in [7, 11) is 0. The fourth-order valence-electron chi connectivity index (χ4n) is 3.28. The zero-order chi connectivity index (χ0) is 21.8. The molecule has 3 rings (SSSR count). The van der Waals surface area contributed by atoms with E-state index in [9.17, 15) is 19.7 Å². The van der Waals surface area contributed by atoms with Crippen molar-refractivity contribution in [2.75, 3.05) is 31.1 Å². The van der Waals surface area contributed by atoms with Gasteiger partial charge < -0.3 is 15.1 Å². The first kappa shape index (κ1) is 21.7. The summed E-state index contributed by atoms with van der Waals surface area (Å²) in [5.74, 6) is -0.0612. The highest BCUT2D eigenvalue weighted by Gasteiger charge is 2.26. The van der Waals surface area contributed by atoms with Gasteiger partial charge in [0.2, 0.25) is 5.91 Å². The van der Waals surface area contributed by atoms with Crippen molar-refractivity contribution in [1.82, 2.24) is 15.2 Å². The van der Waals surface area contributed by atoms with Crippen LogP contribution in [0.1, 0.15) is 47.7 Å². The Balaban J connectivity index is 1.70. The molecule has 9 nitrogen and oxygen atoms in total. The molecule has 1 fully saturated rings. The molecular formula is C20H25N5O4S. The first-order valence-electron chi connectivity index (χ1n) is 9.77. The molecule has 30 heavy (non-hydrogen) atoms. The van der Waals surface area contributed by atoms with Gasteiger partial charge >= 0.3 is 0 Å². The van der Waals surface area contributed by atoms with Gasteiger partial charge in [-0.15, -0.1) is 11.3 Å². The van der Waals surface area contributed by atoms with Crippen LogP contribution in [0.2, 0.25) is 0 Å². The third kappa shape index (κ3) is 4.93. The Kier molecular flexibility index (Phi) is 6.66. The van der Waals surface area contributed by atoms with Crippen LogP contribution in [0.3, 0.4) is 0 Å². The van der Waals surface area contributed by atoms with Gasteiger partial charge in [0.25, 0.3) is 11.6 Å². The summed E-state index contributed by atoms with van der Waals surface area (Å²) in [4.78, 5) is 43.2. The van der Waals surface area contributed by atoms with Crippen molar-refractivity contribution in [3.63, 3.8) is 0 Å². The first-order chi connectivity index (χ1) is 14.3. The Bertz CT molecular complexity index is 950. The van der Waals surface area contributed by atoms with Crippen LogP contribution in [-0.2, 0) is 11.3 Å². The molecule has 0 spiro atoms. The minimum Gasteiger partial charge on any atom is -0.362 e. The number of benzene rings is 1. The van der Waals surface area contributed by atoms with Crippen molar-refractivity contribution in [1.29, 1.82) is 0 Å². The monoisotopic (exact) mass is 431 g/mol. The normalized spacial score (nSPS) is 14.1. The Morgan fingerprint density at radius 1 is 1.27 bits per heavy atom. The summed E-state index contributed by atoms with van der Waals surface area (Å²) in [6.45, 7) is 7.94. The molecule has 0 bridgehead atoms. The molecule has 1 saturated heterocycles. The molecule has 1 aliphatic rings. The van der Waals surface area contributed by atoms with Crippen LogP contribution in [0.25, 0.3) is 0 Å². The minimum atomic E-state index is -0.473. The number of hydrogen-bond donors (Lipinski definition) is 1. The van der Waals surface area contributed by atoms with E-state index in [1.807, 2.05) is 10.3 Å². The number of hydrogen-bond acceptors (Lipinski definition) is 7. The average molecular weight is 432 g/mol. The molecule has 0 saturated carbocycles. The van der Waals surface area contributed by atoms with Crippen LogP contribution in [0.5, 0.6) is 0 Å². The number of carbonyl (C=O) groups is 2. The maximum Gasteiger partial charge on any atom is 0.293 e. The lowest BCUT2D eigenvalue weighted by atomic mass is 10.1. The molecule has 2 amide bonds. The van der Waals surface area contributed by atoms with Gasteiger partial charge in [-0.3, -0.25) is 19.7 Å². The summed E-state index contributed by atoms with van der Waals surface area (Å²) in [5.41, 5.74) is 1.34. The number of aromatic nitrogens is 1. The van der Waals surface area contributed by atoms with Gasteiger partial charge in [-0.2, -0.15) is 0 Å². The number of thiazole rings is 1. The van der Waals surface area contributed by atoms with E-state index in [1.165, 1.54) is 13.0 Å². The number of nitrogens with one attached hydrogen (secondary N) is 1. The molecular weight excluding hydrogens is 406 g/mol. The standard InChI is InChI=1S/C20H25N5O4S/c1-13(2)20-22-16(12-30-20)11-21-19(27)15-4-5-17(18(10-15)25(28)29)24-8-6-23(7-9-24)14(3)26/h4-5,10,12-13H,6-9,11H2,1-3H3,(H,21,27). The lowest BCUT2D eigenvalue weighted by Gasteiger charge is -2.35. The molecule has 0 unspecified atom stereocenters. The Morgan fingerprint density at radius 3 is 2.53 bits per heavy atom. The maximum absolute atomic E-state index is 12.5. The average Bonchev–Trinajstić information content (AvgIpc) is 3.21. The van der Waals surface area contributed by atoms with Gasteiger partial charge in [-0.25, -0.2) is 4.98 Å². The number of carbonyl (C=O) groups excluding carboxylic acids is 2. The van der Waals surface area contributed by atoms with Crippen molar-refractivity contribution < 1.29 is 14.5 Å². The summed E-state index contributed by atoms with van der Waals surface area (Å²) >= 11 is 1.55. The van der Waals surface area contributed by atoms with E-state index < -0.39 is 4.92 Å². The molecule has 2 aromatic rings. The van der Waals surface area contributed by atoms with Crippen molar-refractivity contribution in [2.45, 2.75) is 33.2 Å². The van der Waals surface area contributed by atoms with Gasteiger partial charge in [-0.1, -0.05) is 13.8 Å². The van der Waals surface area contributed by atoms with E-state index in [-0.39, 0.29) is 29.6 Å². The fourth-order valence-corrected chi connectivity index (χ4v) is 4.12. The van der Waals surface area contributed by atoms with E-state index in [1.54, 1.807) is 28.4 Å². The van der Waals surface area contributed by atoms with Crippen LogP contribution in [0.4, 0.5) is 11.4 Å². The van der Waals surface area contributed by atoms with Crippen molar-refractivity contribution >= 4 is 34.5 Å². The number of rotatable bonds is 6. The van der Waals surface area contributed by atoms with Gasteiger partial charge in [0, 0.05) is 56.0 Å². The van der Waals surface area contributed by atoms with Gasteiger partial charge in [-0.05, 0) is 12.1 Å². The van der Waals surface area contributed by atoms with Crippen molar-refractivity contribution in [3.8, 4) is 0 Å². The van der Waals surface area contributed by atoms with E-state index in [2.05, 4.69) is 24.1 Å². The number of nitrogens with zero attached hydrogens (tertiary/aromatic N) is 4. The number of anilines is 1. The zero-order valence-electron chi connectivity index (χ0n) is 17.3. The number of amides is 2. The van der Waals surface area contributed by atoms with Crippen LogP contribution in [0, 0.1) is 10.1 Å².